The topological polar surface area (TPSA) is 79.8 Å². The lowest BCUT2D eigenvalue weighted by atomic mass is 9.99. The number of hydrogen-bond donors (Lipinski definition) is 1. The molecule has 4 heterocycles. The molecule has 1 aliphatic rings. The smallest absolute Gasteiger partial charge is 0.267 e. The van der Waals surface area contributed by atoms with Crippen molar-refractivity contribution in [3.63, 3.8) is 0 Å². The fraction of sp³-hybridized carbons (Fsp3) is 0.360. The van der Waals surface area contributed by atoms with Crippen molar-refractivity contribution in [2.24, 2.45) is 5.92 Å². The van der Waals surface area contributed by atoms with Crippen molar-refractivity contribution in [2.75, 3.05) is 11.9 Å². The molecule has 0 spiro atoms. The molecule has 1 atom stereocenters. The van der Waals surface area contributed by atoms with Crippen LogP contribution in [0.3, 0.4) is 0 Å². The molecule has 0 radical (unpaired) electrons. The Kier molecular flexibility index (Phi) is 7.84. The zero-order chi connectivity index (χ0) is 24.1. The third-order valence-electron chi connectivity index (χ3n) is 5.91. The number of furan rings is 1. The molecule has 1 N–H and O–H groups in total. The van der Waals surface area contributed by atoms with Gasteiger partial charge in [0, 0.05) is 12.7 Å². The number of unbranched alkanes of at least 4 members (excludes halogenated alkanes) is 1. The van der Waals surface area contributed by atoms with Gasteiger partial charge in [0.15, 0.2) is 0 Å². The SMILES string of the molecule is CCCC[C@H](CC)CN1C(=O)/C(=C/c2c(NCc3ccco3)nc3ccccn3c2=O)SC1=S. The van der Waals surface area contributed by atoms with Gasteiger partial charge in [-0.25, -0.2) is 4.98 Å². The maximum atomic E-state index is 13.4. The van der Waals surface area contributed by atoms with E-state index in [0.29, 0.717) is 51.0 Å². The standard InChI is InChI=1S/C25H28N4O3S2/c1-3-5-9-17(4-2)16-29-24(31)20(34-25(29)33)14-19-22(26-15-18-10-8-13-32-18)27-21-11-6-7-12-28(21)23(19)30/h6-8,10-14,17,26H,3-5,9,15-16H2,1-2H3/b20-14-/t17-/m0/s1. The number of hydrogen-bond acceptors (Lipinski definition) is 7. The van der Waals surface area contributed by atoms with E-state index in [2.05, 4.69) is 24.1 Å². The third-order valence-corrected chi connectivity index (χ3v) is 7.29. The lowest BCUT2D eigenvalue weighted by Gasteiger charge is -2.21. The summed E-state index contributed by atoms with van der Waals surface area (Å²) in [5.74, 6) is 1.36. The van der Waals surface area contributed by atoms with Crippen molar-refractivity contribution in [3.8, 4) is 0 Å². The number of carbonyl (C=O) groups is 1. The fourth-order valence-corrected chi connectivity index (χ4v) is 5.17. The first-order valence-electron chi connectivity index (χ1n) is 11.5. The summed E-state index contributed by atoms with van der Waals surface area (Å²) in [5, 5.41) is 3.19. The number of thioether (sulfide) groups is 1. The zero-order valence-corrected chi connectivity index (χ0v) is 21.0. The molecule has 0 saturated carbocycles. The number of anilines is 1. The Bertz CT molecular complexity index is 1270. The lowest BCUT2D eigenvalue weighted by Crippen LogP contribution is -2.33. The van der Waals surface area contributed by atoms with Gasteiger partial charge in [0.2, 0.25) is 0 Å². The van der Waals surface area contributed by atoms with E-state index in [1.54, 1.807) is 41.6 Å². The van der Waals surface area contributed by atoms with Crippen molar-refractivity contribution < 1.29 is 9.21 Å². The molecule has 9 heteroatoms. The summed E-state index contributed by atoms with van der Waals surface area (Å²) >= 11 is 6.78. The molecule has 1 fully saturated rings. The molecular formula is C25H28N4O3S2. The van der Waals surface area contributed by atoms with Crippen molar-refractivity contribution in [1.82, 2.24) is 14.3 Å². The van der Waals surface area contributed by atoms with Crippen LogP contribution in [0.15, 0.2) is 56.9 Å². The van der Waals surface area contributed by atoms with Gasteiger partial charge in [-0.05, 0) is 42.7 Å². The first-order valence-corrected chi connectivity index (χ1v) is 12.8. The van der Waals surface area contributed by atoms with Crippen LogP contribution in [0.2, 0.25) is 0 Å². The number of nitrogens with zero attached hydrogens (tertiary/aromatic N) is 3. The molecule has 178 valence electrons. The average molecular weight is 497 g/mol. The summed E-state index contributed by atoms with van der Waals surface area (Å²) in [4.78, 5) is 33.4. The Hall–Kier alpha value is -2.91. The van der Waals surface area contributed by atoms with Gasteiger partial charge in [0.05, 0.1) is 23.3 Å². The van der Waals surface area contributed by atoms with Gasteiger partial charge in [-0.2, -0.15) is 0 Å². The summed E-state index contributed by atoms with van der Waals surface area (Å²) in [6.45, 7) is 5.28. The number of nitrogens with one attached hydrogen (secondary N) is 1. The largest absolute Gasteiger partial charge is 0.467 e. The molecule has 4 rings (SSSR count). The minimum absolute atomic E-state index is 0.153. The summed E-state index contributed by atoms with van der Waals surface area (Å²) in [7, 11) is 0. The van der Waals surface area contributed by atoms with E-state index in [1.165, 1.54) is 16.2 Å². The average Bonchev–Trinajstić information content (AvgIpc) is 3.46. The molecule has 0 aromatic carbocycles. The van der Waals surface area contributed by atoms with Gasteiger partial charge in [-0.15, -0.1) is 0 Å². The molecule has 0 unspecified atom stereocenters. The van der Waals surface area contributed by atoms with Gasteiger partial charge < -0.3 is 9.73 Å². The fourth-order valence-electron chi connectivity index (χ4n) is 3.92. The second-order valence-electron chi connectivity index (χ2n) is 8.25. The lowest BCUT2D eigenvalue weighted by molar-refractivity contribution is -0.122. The Morgan fingerprint density at radius 2 is 2.09 bits per heavy atom. The number of aromatic nitrogens is 2. The number of thiocarbonyl (C=S) groups is 1. The quantitative estimate of drug-likeness (QED) is 0.301. The van der Waals surface area contributed by atoms with Crippen LogP contribution < -0.4 is 10.9 Å². The summed E-state index contributed by atoms with van der Waals surface area (Å²) < 4.78 is 7.40. The van der Waals surface area contributed by atoms with Gasteiger partial charge in [-0.3, -0.25) is 18.9 Å². The van der Waals surface area contributed by atoms with Crippen LogP contribution in [-0.2, 0) is 11.3 Å². The molecule has 34 heavy (non-hydrogen) atoms. The summed E-state index contributed by atoms with van der Waals surface area (Å²) in [6, 6.07) is 9.01. The zero-order valence-electron chi connectivity index (χ0n) is 19.3. The predicted octanol–water partition coefficient (Wildman–Crippen LogP) is 5.32. The minimum Gasteiger partial charge on any atom is -0.467 e. The molecule has 3 aromatic heterocycles. The second-order valence-corrected chi connectivity index (χ2v) is 9.93. The van der Waals surface area contributed by atoms with Gasteiger partial charge >= 0.3 is 0 Å². The van der Waals surface area contributed by atoms with Crippen molar-refractivity contribution in [3.05, 3.63) is 69.4 Å². The van der Waals surface area contributed by atoms with E-state index in [4.69, 9.17) is 16.6 Å². The van der Waals surface area contributed by atoms with E-state index >= 15 is 0 Å². The van der Waals surface area contributed by atoms with Crippen LogP contribution in [0.4, 0.5) is 5.82 Å². The van der Waals surface area contributed by atoms with Crippen LogP contribution in [0.5, 0.6) is 0 Å². The molecular weight excluding hydrogens is 468 g/mol. The molecule has 3 aromatic rings. The molecule has 1 amide bonds. The predicted molar refractivity (Wildman–Crippen MR) is 141 cm³/mol. The Balaban J connectivity index is 1.66. The molecule has 1 saturated heterocycles. The van der Waals surface area contributed by atoms with Crippen LogP contribution >= 0.6 is 24.0 Å². The van der Waals surface area contributed by atoms with E-state index < -0.39 is 0 Å². The maximum Gasteiger partial charge on any atom is 0.267 e. The van der Waals surface area contributed by atoms with E-state index in [-0.39, 0.29) is 11.5 Å². The minimum atomic E-state index is -0.257. The van der Waals surface area contributed by atoms with Crippen LogP contribution in [0.1, 0.15) is 50.9 Å². The number of amides is 1. The number of pyridine rings is 1. The number of rotatable bonds is 10. The van der Waals surface area contributed by atoms with Crippen molar-refractivity contribution in [1.29, 1.82) is 0 Å². The van der Waals surface area contributed by atoms with Gasteiger partial charge in [0.25, 0.3) is 11.5 Å². The highest BCUT2D eigenvalue weighted by atomic mass is 32.2. The van der Waals surface area contributed by atoms with Gasteiger partial charge in [-0.1, -0.05) is 63.2 Å². The van der Waals surface area contributed by atoms with Crippen LogP contribution in [-0.4, -0.2) is 31.1 Å². The van der Waals surface area contributed by atoms with Crippen molar-refractivity contribution in [2.45, 2.75) is 46.1 Å². The Labute approximate surface area is 208 Å². The highest BCUT2D eigenvalue weighted by Gasteiger charge is 2.33. The first-order chi connectivity index (χ1) is 16.5. The normalized spacial score (nSPS) is 16.1. The second kappa shape index (κ2) is 11.0. The number of carbonyl (C=O) groups excluding carboxylic acids is 1. The molecule has 0 bridgehead atoms. The molecule has 7 nitrogen and oxygen atoms in total. The third kappa shape index (κ3) is 5.26. The van der Waals surface area contributed by atoms with Crippen LogP contribution in [0, 0.1) is 5.92 Å². The Morgan fingerprint density at radius 1 is 1.24 bits per heavy atom. The summed E-state index contributed by atoms with van der Waals surface area (Å²) in [5.41, 5.74) is 0.571. The Morgan fingerprint density at radius 3 is 2.82 bits per heavy atom. The number of fused-ring (bicyclic) bond motifs is 1. The highest BCUT2D eigenvalue weighted by Crippen LogP contribution is 2.34. The van der Waals surface area contributed by atoms with Crippen LogP contribution in [0.25, 0.3) is 11.7 Å². The van der Waals surface area contributed by atoms with Gasteiger partial charge in [0.1, 0.15) is 21.5 Å². The van der Waals surface area contributed by atoms with E-state index in [0.717, 1.165) is 25.7 Å². The van der Waals surface area contributed by atoms with E-state index in [1.807, 2.05) is 12.1 Å². The summed E-state index contributed by atoms with van der Waals surface area (Å²) in [6.07, 6.45) is 9.20. The van der Waals surface area contributed by atoms with Crippen molar-refractivity contribution >= 4 is 51.7 Å². The molecule has 0 aliphatic carbocycles. The van der Waals surface area contributed by atoms with E-state index in [9.17, 15) is 9.59 Å². The maximum absolute atomic E-state index is 13.4. The monoisotopic (exact) mass is 496 g/mol. The molecule has 1 aliphatic heterocycles. The first kappa shape index (κ1) is 24.2. The highest BCUT2D eigenvalue weighted by molar-refractivity contribution is 8.26.